The molecule has 0 unspecified atom stereocenters. The second-order valence-electron chi connectivity index (χ2n) is 6.54. The van der Waals surface area contributed by atoms with Crippen LogP contribution in [0.3, 0.4) is 0 Å². The molecule has 1 aliphatic rings. The predicted octanol–water partition coefficient (Wildman–Crippen LogP) is 4.28. The van der Waals surface area contributed by atoms with E-state index < -0.39 is 24.5 Å². The molecule has 28 heavy (non-hydrogen) atoms. The summed E-state index contributed by atoms with van der Waals surface area (Å²) < 4.78 is 63.8. The largest absolute Gasteiger partial charge is 0.416 e. The Morgan fingerprint density at radius 2 is 2.00 bits per heavy atom. The normalized spacial score (nSPS) is 17.5. The Labute approximate surface area is 179 Å². The minimum Gasteiger partial charge on any atom is -0.322 e. The van der Waals surface area contributed by atoms with Crippen LogP contribution in [0.2, 0.25) is 0 Å². The van der Waals surface area contributed by atoms with Crippen LogP contribution in [0.15, 0.2) is 36.4 Å². The minimum atomic E-state index is -4.55. The molecule has 150 valence electrons. The third kappa shape index (κ3) is 5.24. The number of carbonyl (C=O) groups excluding carboxylic acids is 1. The van der Waals surface area contributed by atoms with E-state index in [1.807, 2.05) is 27.5 Å². The highest BCUT2D eigenvalue weighted by Crippen LogP contribution is 2.34. The van der Waals surface area contributed by atoms with E-state index in [0.29, 0.717) is 16.7 Å². The lowest BCUT2D eigenvalue weighted by molar-refractivity contribution is -0.138. The number of nitrogens with one attached hydrogen (secondary N) is 2. The molecule has 2 aromatic rings. The molecule has 1 saturated heterocycles. The first-order chi connectivity index (χ1) is 14.4. The number of amides is 1. The third-order valence-electron chi connectivity index (χ3n) is 4.51. The fourth-order valence-corrected chi connectivity index (χ4v) is 3.54. The number of nitrogens with zero attached hydrogens (tertiary/aromatic N) is 1. The summed E-state index contributed by atoms with van der Waals surface area (Å²) in [6, 6.07) is 7.87. The number of alkyl halides is 3. The van der Waals surface area contributed by atoms with Gasteiger partial charge in [-0.15, -0.1) is 0 Å². The minimum absolute atomic E-state index is 0.0243. The molecular formula is C20H21F3IN3O. The van der Waals surface area contributed by atoms with E-state index in [9.17, 15) is 18.0 Å². The number of aryl methyl sites for hydroxylation is 1. The Hall–Kier alpha value is -1.65. The zero-order valence-corrected chi connectivity index (χ0v) is 17.0. The van der Waals surface area contributed by atoms with Crippen LogP contribution in [0, 0.1) is 10.4 Å². The van der Waals surface area contributed by atoms with E-state index in [0.717, 1.165) is 19.2 Å². The first-order valence-corrected chi connectivity index (χ1v) is 9.77. The van der Waals surface area contributed by atoms with E-state index in [4.69, 9.17) is 4.11 Å². The van der Waals surface area contributed by atoms with E-state index >= 15 is 0 Å². The highest BCUT2D eigenvalue weighted by Gasteiger charge is 2.34. The Balaban J connectivity index is 1.81. The van der Waals surface area contributed by atoms with E-state index in [2.05, 4.69) is 10.6 Å². The molecule has 2 aromatic carbocycles. The molecule has 0 bridgehead atoms. The molecule has 1 heterocycles. The number of piperazine rings is 1. The lowest BCUT2D eigenvalue weighted by Gasteiger charge is -2.28. The van der Waals surface area contributed by atoms with Crippen LogP contribution in [-0.2, 0) is 12.7 Å². The van der Waals surface area contributed by atoms with Gasteiger partial charge in [-0.05, 0) is 64.8 Å². The molecule has 0 aromatic heterocycles. The van der Waals surface area contributed by atoms with Crippen molar-refractivity contribution in [3.05, 3.63) is 62.2 Å². The number of halogens is 4. The van der Waals surface area contributed by atoms with E-state index in [1.54, 1.807) is 0 Å². The average molecular weight is 506 g/mol. The number of carbonyl (C=O) groups is 1. The molecule has 1 amide bonds. The van der Waals surface area contributed by atoms with Gasteiger partial charge >= 0.3 is 6.18 Å². The summed E-state index contributed by atoms with van der Waals surface area (Å²) in [4.78, 5) is 14.5. The Kier molecular flexibility index (Phi) is 5.41. The maximum absolute atomic E-state index is 13.7. The van der Waals surface area contributed by atoms with Gasteiger partial charge in [-0.25, -0.2) is 0 Å². The highest BCUT2D eigenvalue weighted by atomic mass is 127. The first-order valence-electron chi connectivity index (χ1n) is 10.2. The van der Waals surface area contributed by atoms with Gasteiger partial charge in [0.25, 0.3) is 5.91 Å². The molecule has 4 nitrogen and oxygen atoms in total. The van der Waals surface area contributed by atoms with Crippen molar-refractivity contribution < 1.29 is 22.1 Å². The van der Waals surface area contributed by atoms with Gasteiger partial charge in [0, 0.05) is 51.7 Å². The van der Waals surface area contributed by atoms with Crippen molar-refractivity contribution in [1.29, 1.82) is 0 Å². The molecule has 0 radical (unpaired) electrons. The lowest BCUT2D eigenvalue weighted by atomic mass is 10.0. The summed E-state index contributed by atoms with van der Waals surface area (Å²) in [6.45, 7) is 0.665. The van der Waals surface area contributed by atoms with Gasteiger partial charge in [-0.2, -0.15) is 13.2 Å². The fourth-order valence-electron chi connectivity index (χ4n) is 3.03. The monoisotopic (exact) mass is 506 g/mol. The maximum Gasteiger partial charge on any atom is 0.416 e. The van der Waals surface area contributed by atoms with Crippen LogP contribution in [0.1, 0.15) is 31.2 Å². The Morgan fingerprint density at radius 1 is 1.25 bits per heavy atom. The summed E-state index contributed by atoms with van der Waals surface area (Å²) in [5.41, 5.74) is -0.325. The Bertz CT molecular complexity index is 961. The first kappa shape index (κ1) is 17.2. The maximum atomic E-state index is 13.7. The van der Waals surface area contributed by atoms with Crippen LogP contribution in [0.5, 0.6) is 0 Å². The number of rotatable bonds is 4. The smallest absolute Gasteiger partial charge is 0.322 e. The average Bonchev–Trinajstić information content (AvgIpc) is 2.68. The van der Waals surface area contributed by atoms with Gasteiger partial charge < -0.3 is 10.6 Å². The zero-order chi connectivity index (χ0) is 22.8. The lowest BCUT2D eigenvalue weighted by Crippen LogP contribution is -2.43. The van der Waals surface area contributed by atoms with Crippen molar-refractivity contribution in [2.45, 2.75) is 19.6 Å². The van der Waals surface area contributed by atoms with Crippen molar-refractivity contribution in [1.82, 2.24) is 10.2 Å². The molecule has 0 saturated carbocycles. The second kappa shape index (κ2) is 8.79. The summed E-state index contributed by atoms with van der Waals surface area (Å²) in [7, 11) is 0. The van der Waals surface area contributed by atoms with Crippen molar-refractivity contribution >= 4 is 34.2 Å². The molecule has 1 aliphatic heterocycles. The molecule has 2 N–H and O–H groups in total. The van der Waals surface area contributed by atoms with Gasteiger partial charge in [-0.3, -0.25) is 9.69 Å². The highest BCUT2D eigenvalue weighted by molar-refractivity contribution is 14.1. The number of anilines is 1. The van der Waals surface area contributed by atoms with Crippen LogP contribution in [0.25, 0.3) is 0 Å². The summed E-state index contributed by atoms with van der Waals surface area (Å²) in [5, 5.41) is 5.64. The number of hydrogen-bond acceptors (Lipinski definition) is 3. The second-order valence-corrected chi connectivity index (χ2v) is 7.71. The SMILES string of the molecule is [2H]C([2H])([2H])c1ccc(C(=O)Nc2ccc(CN3CCNCC3)c(C(F)(F)F)c2)cc1I. The molecule has 0 atom stereocenters. The standard InChI is InChI=1S/C20H21F3IN3O/c1-13-2-3-14(10-18(13)24)19(28)26-16-5-4-15(17(11-16)20(21,22)23)12-27-8-6-25-7-9-27/h2-5,10-11,25H,6-9,12H2,1H3,(H,26,28)/i1D3. The predicted molar refractivity (Wildman–Crippen MR) is 111 cm³/mol. The molecule has 0 spiro atoms. The molecule has 3 rings (SSSR count). The van der Waals surface area contributed by atoms with Gasteiger partial charge in [0.1, 0.15) is 0 Å². The van der Waals surface area contributed by atoms with E-state index in [1.165, 1.54) is 30.3 Å². The summed E-state index contributed by atoms with van der Waals surface area (Å²) in [6.07, 6.45) is -4.55. The molecular weight excluding hydrogens is 482 g/mol. The van der Waals surface area contributed by atoms with E-state index in [-0.39, 0.29) is 28.9 Å². The van der Waals surface area contributed by atoms with Gasteiger partial charge in [0.2, 0.25) is 0 Å². The molecule has 0 aliphatic carbocycles. The number of benzene rings is 2. The molecule has 1 fully saturated rings. The quantitative estimate of drug-likeness (QED) is 0.609. The summed E-state index contributed by atoms with van der Waals surface area (Å²) in [5.74, 6) is -0.613. The van der Waals surface area contributed by atoms with Gasteiger partial charge in [0.05, 0.1) is 5.56 Å². The third-order valence-corrected chi connectivity index (χ3v) is 5.40. The zero-order valence-electron chi connectivity index (χ0n) is 17.9. The van der Waals surface area contributed by atoms with Crippen molar-refractivity contribution in [2.75, 3.05) is 31.5 Å². The van der Waals surface area contributed by atoms with Crippen molar-refractivity contribution in [3.8, 4) is 0 Å². The van der Waals surface area contributed by atoms with Crippen molar-refractivity contribution in [3.63, 3.8) is 0 Å². The van der Waals surface area contributed by atoms with Gasteiger partial charge in [0.15, 0.2) is 0 Å². The van der Waals surface area contributed by atoms with Crippen LogP contribution >= 0.6 is 22.6 Å². The van der Waals surface area contributed by atoms with Crippen LogP contribution in [-0.4, -0.2) is 37.0 Å². The number of hydrogen-bond donors (Lipinski definition) is 2. The summed E-state index contributed by atoms with van der Waals surface area (Å²) >= 11 is 1.82. The van der Waals surface area contributed by atoms with Gasteiger partial charge in [-0.1, -0.05) is 12.1 Å². The fraction of sp³-hybridized carbons (Fsp3) is 0.350. The van der Waals surface area contributed by atoms with Crippen LogP contribution < -0.4 is 10.6 Å². The van der Waals surface area contributed by atoms with Crippen molar-refractivity contribution in [2.24, 2.45) is 0 Å². The van der Waals surface area contributed by atoms with Crippen LogP contribution in [0.4, 0.5) is 18.9 Å². The topological polar surface area (TPSA) is 44.4 Å². The Morgan fingerprint density at radius 3 is 2.64 bits per heavy atom. The molecule has 8 heteroatoms.